The third kappa shape index (κ3) is 3.40. The van der Waals surface area contributed by atoms with Gasteiger partial charge in [-0.2, -0.15) is 0 Å². The van der Waals surface area contributed by atoms with Gasteiger partial charge in [0.2, 0.25) is 5.91 Å². The molecule has 120 valence electrons. The highest BCUT2D eigenvalue weighted by molar-refractivity contribution is 7.91. The highest BCUT2D eigenvalue weighted by atomic mass is 32.2. The van der Waals surface area contributed by atoms with Crippen LogP contribution in [0.3, 0.4) is 0 Å². The van der Waals surface area contributed by atoms with Crippen molar-refractivity contribution in [3.8, 4) is 0 Å². The molecule has 1 amide bonds. The van der Waals surface area contributed by atoms with Gasteiger partial charge in [-0.15, -0.1) is 0 Å². The van der Waals surface area contributed by atoms with Crippen LogP contribution in [-0.4, -0.2) is 79.1 Å². The minimum absolute atomic E-state index is 0.0209. The predicted octanol–water partition coefficient (Wildman–Crippen LogP) is -0.520. The second-order valence-corrected chi connectivity index (χ2v) is 9.05. The lowest BCUT2D eigenvalue weighted by molar-refractivity contribution is -0.134. The van der Waals surface area contributed by atoms with E-state index < -0.39 is 21.4 Å². The van der Waals surface area contributed by atoms with Crippen LogP contribution in [0, 0.1) is 5.92 Å². The lowest BCUT2D eigenvalue weighted by atomic mass is 10.0. The molecular weight excluding hydrogens is 292 g/mol. The van der Waals surface area contributed by atoms with Gasteiger partial charge >= 0.3 is 0 Å². The van der Waals surface area contributed by atoms with Crippen molar-refractivity contribution in [1.29, 1.82) is 0 Å². The normalized spacial score (nSPS) is 36.4. The molecule has 3 aliphatic rings. The average Bonchev–Trinajstić information content (AvgIpc) is 3.10. The number of nitrogens with zero attached hydrogens (tertiary/aromatic N) is 2. The third-order valence-corrected chi connectivity index (χ3v) is 6.71. The molecule has 1 N–H and O–H groups in total. The number of amides is 1. The number of carbonyl (C=O) groups is 1. The molecule has 0 aromatic rings. The van der Waals surface area contributed by atoms with Crippen LogP contribution < -0.4 is 0 Å². The molecule has 0 spiro atoms. The van der Waals surface area contributed by atoms with Gasteiger partial charge in [0, 0.05) is 13.1 Å². The zero-order chi connectivity index (χ0) is 15.1. The summed E-state index contributed by atoms with van der Waals surface area (Å²) >= 11 is 0. The Kier molecular flexibility index (Phi) is 4.00. The second-order valence-electron chi connectivity index (χ2n) is 6.82. The van der Waals surface area contributed by atoms with Crippen molar-refractivity contribution in [2.75, 3.05) is 44.2 Å². The van der Waals surface area contributed by atoms with Gasteiger partial charge in [0.15, 0.2) is 9.84 Å². The Balaban J connectivity index is 1.57. The van der Waals surface area contributed by atoms with Gasteiger partial charge in [-0.3, -0.25) is 4.79 Å². The van der Waals surface area contributed by atoms with E-state index in [0.29, 0.717) is 32.5 Å². The quantitative estimate of drug-likeness (QED) is 0.758. The van der Waals surface area contributed by atoms with Gasteiger partial charge in [0.1, 0.15) is 0 Å². The van der Waals surface area contributed by atoms with E-state index >= 15 is 0 Å². The molecule has 2 atom stereocenters. The van der Waals surface area contributed by atoms with Crippen LogP contribution in [0.25, 0.3) is 0 Å². The Morgan fingerprint density at radius 1 is 1.24 bits per heavy atom. The number of carbonyl (C=O) groups excluding carboxylic acids is 1. The van der Waals surface area contributed by atoms with E-state index in [1.54, 1.807) is 4.90 Å². The van der Waals surface area contributed by atoms with Crippen molar-refractivity contribution in [3.63, 3.8) is 0 Å². The van der Waals surface area contributed by atoms with Crippen molar-refractivity contribution in [1.82, 2.24) is 9.80 Å². The summed E-state index contributed by atoms with van der Waals surface area (Å²) in [6, 6.07) is 0. The molecule has 3 fully saturated rings. The molecule has 0 aliphatic carbocycles. The van der Waals surface area contributed by atoms with Crippen molar-refractivity contribution >= 4 is 15.7 Å². The number of hydrogen-bond acceptors (Lipinski definition) is 5. The van der Waals surface area contributed by atoms with E-state index in [-0.39, 0.29) is 17.4 Å². The molecule has 3 rings (SSSR count). The largest absolute Gasteiger partial charge is 0.387 e. The SMILES string of the molecule is O=C([C@@H]1CCS(=O)(=O)C1)N1CC[C@](O)(CN2CCCC2)C1. The fourth-order valence-corrected chi connectivity index (χ4v) is 5.51. The molecule has 21 heavy (non-hydrogen) atoms. The molecule has 6 nitrogen and oxygen atoms in total. The minimum atomic E-state index is -3.04. The summed E-state index contributed by atoms with van der Waals surface area (Å²) in [4.78, 5) is 16.3. The third-order valence-electron chi connectivity index (χ3n) is 4.94. The highest BCUT2D eigenvalue weighted by Gasteiger charge is 2.43. The Hall–Kier alpha value is -0.660. The molecule has 3 aliphatic heterocycles. The lowest BCUT2D eigenvalue weighted by Gasteiger charge is -2.29. The molecule has 0 aromatic carbocycles. The van der Waals surface area contributed by atoms with E-state index in [1.807, 2.05) is 0 Å². The van der Waals surface area contributed by atoms with Gasteiger partial charge in [0.05, 0.1) is 29.6 Å². The number of aliphatic hydroxyl groups is 1. The predicted molar refractivity (Wildman–Crippen MR) is 78.6 cm³/mol. The smallest absolute Gasteiger partial charge is 0.226 e. The number of β-amino-alcohol motifs (C(OH)–C–C–N with tert-alkyl or cyclic N) is 1. The summed E-state index contributed by atoms with van der Waals surface area (Å²) in [7, 11) is -3.04. The second kappa shape index (κ2) is 5.52. The maximum Gasteiger partial charge on any atom is 0.226 e. The van der Waals surface area contributed by atoms with E-state index in [9.17, 15) is 18.3 Å². The van der Waals surface area contributed by atoms with Gasteiger partial charge in [-0.05, 0) is 38.8 Å². The number of sulfone groups is 1. The van der Waals surface area contributed by atoms with Crippen molar-refractivity contribution in [3.05, 3.63) is 0 Å². The van der Waals surface area contributed by atoms with Crippen molar-refractivity contribution in [2.24, 2.45) is 5.92 Å². The summed E-state index contributed by atoms with van der Waals surface area (Å²) in [5.74, 6) is -0.389. The van der Waals surface area contributed by atoms with Crippen molar-refractivity contribution < 1.29 is 18.3 Å². The molecule has 3 saturated heterocycles. The van der Waals surface area contributed by atoms with Crippen LogP contribution in [0.2, 0.25) is 0 Å². The molecule has 3 heterocycles. The van der Waals surface area contributed by atoms with Crippen LogP contribution in [0.5, 0.6) is 0 Å². The molecule has 0 bridgehead atoms. The first-order valence-corrected chi connectivity index (χ1v) is 9.63. The summed E-state index contributed by atoms with van der Waals surface area (Å²) < 4.78 is 23.0. The van der Waals surface area contributed by atoms with Crippen LogP contribution in [0.4, 0.5) is 0 Å². The minimum Gasteiger partial charge on any atom is -0.387 e. The molecule has 0 aromatic heterocycles. The molecule has 0 radical (unpaired) electrons. The van der Waals surface area contributed by atoms with E-state index in [1.165, 1.54) is 12.8 Å². The standard InChI is InChI=1S/C14H24N2O4S/c17-13(12-3-8-21(19,20)9-12)16-7-4-14(18,11-16)10-15-5-1-2-6-15/h12,18H,1-11H2/t12-,14+/m1/s1. The summed E-state index contributed by atoms with van der Waals surface area (Å²) in [6.07, 6.45) is 3.38. The molecular formula is C14H24N2O4S. The topological polar surface area (TPSA) is 77.9 Å². The molecule has 0 unspecified atom stereocenters. The van der Waals surface area contributed by atoms with Gasteiger partial charge in [-0.1, -0.05) is 0 Å². The Morgan fingerprint density at radius 2 is 1.95 bits per heavy atom. The summed E-state index contributed by atoms with van der Waals surface area (Å²) in [6.45, 7) is 3.56. The van der Waals surface area contributed by atoms with E-state index in [4.69, 9.17) is 0 Å². The van der Waals surface area contributed by atoms with Crippen LogP contribution >= 0.6 is 0 Å². The van der Waals surface area contributed by atoms with Gasteiger partial charge < -0.3 is 14.9 Å². The number of hydrogen-bond donors (Lipinski definition) is 1. The maximum absolute atomic E-state index is 12.4. The van der Waals surface area contributed by atoms with Gasteiger partial charge in [-0.25, -0.2) is 8.42 Å². The average molecular weight is 316 g/mol. The maximum atomic E-state index is 12.4. The summed E-state index contributed by atoms with van der Waals surface area (Å²) in [5, 5.41) is 10.7. The number of rotatable bonds is 3. The first-order chi connectivity index (χ1) is 9.87. The van der Waals surface area contributed by atoms with Crippen LogP contribution in [0.1, 0.15) is 25.7 Å². The zero-order valence-corrected chi connectivity index (χ0v) is 13.1. The highest BCUT2D eigenvalue weighted by Crippen LogP contribution is 2.28. The van der Waals surface area contributed by atoms with Crippen LogP contribution in [0.15, 0.2) is 0 Å². The Morgan fingerprint density at radius 3 is 2.57 bits per heavy atom. The first kappa shape index (κ1) is 15.2. The Bertz CT molecular complexity index is 515. The molecule has 0 saturated carbocycles. The van der Waals surface area contributed by atoms with Crippen LogP contribution in [-0.2, 0) is 14.6 Å². The lowest BCUT2D eigenvalue weighted by Crippen LogP contribution is -2.45. The number of likely N-dealkylation sites (tertiary alicyclic amines) is 2. The van der Waals surface area contributed by atoms with Crippen molar-refractivity contribution in [2.45, 2.75) is 31.3 Å². The van der Waals surface area contributed by atoms with E-state index in [2.05, 4.69) is 4.90 Å². The first-order valence-electron chi connectivity index (χ1n) is 7.81. The molecule has 7 heteroatoms. The fourth-order valence-electron chi connectivity index (χ4n) is 3.78. The van der Waals surface area contributed by atoms with E-state index in [0.717, 1.165) is 13.1 Å². The summed E-state index contributed by atoms with van der Waals surface area (Å²) in [5.41, 5.74) is -0.822. The zero-order valence-electron chi connectivity index (χ0n) is 12.3. The monoisotopic (exact) mass is 316 g/mol. The van der Waals surface area contributed by atoms with Gasteiger partial charge in [0.25, 0.3) is 0 Å². The fraction of sp³-hybridized carbons (Fsp3) is 0.929. The Labute approximate surface area is 126 Å².